The molecule has 0 bridgehead atoms. The summed E-state index contributed by atoms with van der Waals surface area (Å²) in [4.78, 5) is 22.2. The van der Waals surface area contributed by atoms with Crippen LogP contribution in [-0.4, -0.2) is 34.4 Å². The number of aliphatic carboxylic acids is 1. The first-order valence-electron chi connectivity index (χ1n) is 5.60. The van der Waals surface area contributed by atoms with Crippen LogP contribution in [0, 0.1) is 5.82 Å². The molecular weight excluding hydrogens is 255 g/mol. The summed E-state index contributed by atoms with van der Waals surface area (Å²) in [5, 5.41) is 22.3. The third-order valence-corrected chi connectivity index (χ3v) is 2.43. The largest absolute Gasteiger partial charge is 0.480 e. The first-order chi connectivity index (χ1) is 8.91. The highest BCUT2D eigenvalue weighted by molar-refractivity contribution is 5.82. The van der Waals surface area contributed by atoms with Gasteiger partial charge in [-0.1, -0.05) is 18.2 Å². The van der Waals surface area contributed by atoms with Crippen LogP contribution in [0.15, 0.2) is 24.3 Å². The Morgan fingerprint density at radius 2 is 2.00 bits per heavy atom. The molecule has 7 heteroatoms. The van der Waals surface area contributed by atoms with Crippen LogP contribution in [0.25, 0.3) is 0 Å². The van der Waals surface area contributed by atoms with Crippen molar-refractivity contribution in [1.82, 2.24) is 10.6 Å². The minimum Gasteiger partial charge on any atom is -0.480 e. The summed E-state index contributed by atoms with van der Waals surface area (Å²) >= 11 is 0. The molecule has 0 saturated carbocycles. The molecule has 1 aromatic rings. The van der Waals surface area contributed by atoms with Crippen LogP contribution < -0.4 is 10.6 Å². The van der Waals surface area contributed by atoms with Crippen molar-refractivity contribution in [3.8, 4) is 0 Å². The lowest BCUT2D eigenvalue weighted by atomic mass is 10.2. The molecule has 0 aliphatic carbocycles. The van der Waals surface area contributed by atoms with Gasteiger partial charge >= 0.3 is 12.0 Å². The Bertz CT molecular complexity index is 465. The van der Waals surface area contributed by atoms with E-state index in [1.165, 1.54) is 25.1 Å². The zero-order valence-electron chi connectivity index (χ0n) is 10.3. The lowest BCUT2D eigenvalue weighted by molar-refractivity contribution is -0.141. The summed E-state index contributed by atoms with van der Waals surface area (Å²) in [5.41, 5.74) is 0.279. The van der Waals surface area contributed by atoms with Crippen LogP contribution in [0.2, 0.25) is 0 Å². The van der Waals surface area contributed by atoms with Gasteiger partial charge in [0.2, 0.25) is 0 Å². The number of halogens is 1. The summed E-state index contributed by atoms with van der Waals surface area (Å²) in [7, 11) is 0. The molecule has 2 atom stereocenters. The third-order valence-electron chi connectivity index (χ3n) is 2.43. The number of nitrogens with one attached hydrogen (secondary N) is 2. The number of urea groups is 1. The lowest BCUT2D eigenvalue weighted by Crippen LogP contribution is -2.51. The molecule has 1 aromatic carbocycles. The molecule has 0 saturated heterocycles. The van der Waals surface area contributed by atoms with E-state index in [9.17, 15) is 19.1 Å². The highest BCUT2D eigenvalue weighted by Crippen LogP contribution is 2.05. The van der Waals surface area contributed by atoms with Crippen LogP contribution in [0.3, 0.4) is 0 Å². The molecule has 0 unspecified atom stereocenters. The number of carboxylic acids is 1. The minimum atomic E-state index is -1.42. The fourth-order valence-corrected chi connectivity index (χ4v) is 1.40. The first kappa shape index (κ1) is 14.9. The molecule has 4 N–H and O–H groups in total. The van der Waals surface area contributed by atoms with Crippen molar-refractivity contribution in [2.45, 2.75) is 25.6 Å². The van der Waals surface area contributed by atoms with Crippen LogP contribution in [0.1, 0.15) is 12.5 Å². The van der Waals surface area contributed by atoms with E-state index in [0.717, 1.165) is 0 Å². The zero-order valence-corrected chi connectivity index (χ0v) is 10.3. The Morgan fingerprint density at radius 1 is 1.37 bits per heavy atom. The second kappa shape index (κ2) is 6.69. The van der Waals surface area contributed by atoms with E-state index in [2.05, 4.69) is 10.6 Å². The van der Waals surface area contributed by atoms with Crippen molar-refractivity contribution >= 4 is 12.0 Å². The van der Waals surface area contributed by atoms with Gasteiger partial charge in [-0.2, -0.15) is 0 Å². The van der Waals surface area contributed by atoms with E-state index < -0.39 is 30.0 Å². The van der Waals surface area contributed by atoms with E-state index in [4.69, 9.17) is 5.11 Å². The summed E-state index contributed by atoms with van der Waals surface area (Å²) < 4.78 is 13.3. The van der Waals surface area contributed by atoms with Gasteiger partial charge in [0.05, 0.1) is 6.10 Å². The van der Waals surface area contributed by atoms with Gasteiger partial charge < -0.3 is 20.8 Å². The molecule has 0 aromatic heterocycles. The SMILES string of the molecule is C[C@@H](O)[C@H](NC(=O)NCc1ccccc1F)C(=O)O. The molecule has 1 rings (SSSR count). The molecular formula is C12H15FN2O4. The molecule has 0 aliphatic rings. The lowest BCUT2D eigenvalue weighted by Gasteiger charge is -2.17. The Kier molecular flexibility index (Phi) is 5.25. The van der Waals surface area contributed by atoms with E-state index in [0.29, 0.717) is 0 Å². The third kappa shape index (κ3) is 4.55. The molecule has 104 valence electrons. The van der Waals surface area contributed by atoms with Crippen LogP contribution in [0.4, 0.5) is 9.18 Å². The number of rotatable bonds is 5. The Balaban J connectivity index is 2.52. The standard InChI is InChI=1S/C12H15FN2O4/c1-7(16)10(11(17)18)15-12(19)14-6-8-4-2-3-5-9(8)13/h2-5,7,10,16H,6H2,1H3,(H,17,18)(H2,14,15,19)/t7-,10+/m1/s1. The van der Waals surface area contributed by atoms with Gasteiger partial charge in [-0.25, -0.2) is 14.0 Å². The van der Waals surface area contributed by atoms with Crippen LogP contribution in [-0.2, 0) is 11.3 Å². The Hall–Kier alpha value is -2.15. The number of benzene rings is 1. The number of carboxylic acid groups (broad SMARTS) is 1. The number of hydrogen-bond acceptors (Lipinski definition) is 3. The molecule has 0 aliphatic heterocycles. The fourth-order valence-electron chi connectivity index (χ4n) is 1.40. The summed E-state index contributed by atoms with van der Waals surface area (Å²) in [6.45, 7) is 1.17. The van der Waals surface area contributed by atoms with Crippen molar-refractivity contribution < 1.29 is 24.2 Å². The predicted octanol–water partition coefficient (Wildman–Crippen LogP) is 0.459. The second-order valence-electron chi connectivity index (χ2n) is 3.97. The number of carbonyl (C=O) groups excluding carboxylic acids is 1. The molecule has 0 fully saturated rings. The van der Waals surface area contributed by atoms with Crippen molar-refractivity contribution in [1.29, 1.82) is 0 Å². The number of hydrogen-bond donors (Lipinski definition) is 4. The van der Waals surface area contributed by atoms with Gasteiger partial charge in [-0.05, 0) is 13.0 Å². The summed E-state index contributed by atoms with van der Waals surface area (Å²) in [6, 6.07) is 3.68. The zero-order chi connectivity index (χ0) is 14.4. The molecule has 0 radical (unpaired) electrons. The van der Waals surface area contributed by atoms with Crippen molar-refractivity contribution in [2.75, 3.05) is 0 Å². The molecule has 0 heterocycles. The average molecular weight is 270 g/mol. The summed E-state index contributed by atoms with van der Waals surface area (Å²) in [5.74, 6) is -1.82. The molecule has 2 amide bonds. The molecule has 0 spiro atoms. The van der Waals surface area contributed by atoms with Gasteiger partial charge in [0.15, 0.2) is 6.04 Å². The normalized spacial score (nSPS) is 13.4. The van der Waals surface area contributed by atoms with Gasteiger partial charge in [-0.3, -0.25) is 0 Å². The smallest absolute Gasteiger partial charge is 0.328 e. The van der Waals surface area contributed by atoms with Gasteiger partial charge in [0.25, 0.3) is 0 Å². The van der Waals surface area contributed by atoms with Gasteiger partial charge in [0, 0.05) is 12.1 Å². The summed E-state index contributed by atoms with van der Waals surface area (Å²) in [6.07, 6.45) is -1.24. The number of aliphatic hydroxyl groups excluding tert-OH is 1. The van der Waals surface area contributed by atoms with Gasteiger partial charge in [-0.15, -0.1) is 0 Å². The van der Waals surface area contributed by atoms with Crippen LogP contribution in [0.5, 0.6) is 0 Å². The first-order valence-corrected chi connectivity index (χ1v) is 5.60. The van der Waals surface area contributed by atoms with E-state index >= 15 is 0 Å². The predicted molar refractivity (Wildman–Crippen MR) is 64.9 cm³/mol. The van der Waals surface area contributed by atoms with E-state index in [1.807, 2.05) is 0 Å². The van der Waals surface area contributed by atoms with Crippen molar-refractivity contribution in [3.05, 3.63) is 35.6 Å². The minimum absolute atomic E-state index is 0.0787. The molecule has 19 heavy (non-hydrogen) atoms. The Labute approximate surface area is 109 Å². The van der Waals surface area contributed by atoms with E-state index in [1.54, 1.807) is 6.07 Å². The van der Waals surface area contributed by atoms with Crippen LogP contribution >= 0.6 is 0 Å². The average Bonchev–Trinajstić information content (AvgIpc) is 2.34. The second-order valence-corrected chi connectivity index (χ2v) is 3.97. The fraction of sp³-hybridized carbons (Fsp3) is 0.333. The Morgan fingerprint density at radius 3 is 2.53 bits per heavy atom. The van der Waals surface area contributed by atoms with Crippen molar-refractivity contribution in [3.63, 3.8) is 0 Å². The highest BCUT2D eigenvalue weighted by Gasteiger charge is 2.24. The topological polar surface area (TPSA) is 98.7 Å². The highest BCUT2D eigenvalue weighted by atomic mass is 19.1. The maximum absolute atomic E-state index is 13.3. The van der Waals surface area contributed by atoms with Gasteiger partial charge in [0.1, 0.15) is 5.82 Å². The quantitative estimate of drug-likeness (QED) is 0.624. The maximum Gasteiger partial charge on any atom is 0.328 e. The monoisotopic (exact) mass is 270 g/mol. The van der Waals surface area contributed by atoms with E-state index in [-0.39, 0.29) is 12.1 Å². The maximum atomic E-state index is 13.3. The number of amides is 2. The van der Waals surface area contributed by atoms with Crippen molar-refractivity contribution in [2.24, 2.45) is 0 Å². The number of carbonyl (C=O) groups is 2. The number of aliphatic hydroxyl groups is 1. The molecule has 6 nitrogen and oxygen atoms in total.